The number of aromatic hydroxyl groups is 2. The predicted octanol–water partition coefficient (Wildman–Crippen LogP) is 15.7. The van der Waals surface area contributed by atoms with Gasteiger partial charge in [0.05, 0.1) is 22.8 Å². The van der Waals surface area contributed by atoms with E-state index in [1.807, 2.05) is 73.3 Å². The number of hydrogen-bond acceptors (Lipinski definition) is 8. The number of pyridine rings is 4. The van der Waals surface area contributed by atoms with Gasteiger partial charge < -0.3 is 19.7 Å². The van der Waals surface area contributed by atoms with E-state index >= 15 is 0 Å². The van der Waals surface area contributed by atoms with Crippen molar-refractivity contribution < 1.29 is 19.7 Å². The lowest BCUT2D eigenvalue weighted by Gasteiger charge is -2.28. The number of hydrogen-bond donors (Lipinski definition) is 2. The predicted molar refractivity (Wildman–Crippen MR) is 308 cm³/mol. The lowest BCUT2D eigenvalue weighted by molar-refractivity contribution is 0.299. The fourth-order valence-electron chi connectivity index (χ4n) is 10.1. The normalized spacial score (nSPS) is 13.1. The Morgan fingerprint density at radius 1 is 0.355 bits per heavy atom. The van der Waals surface area contributed by atoms with Crippen molar-refractivity contribution in [1.29, 1.82) is 0 Å². The van der Waals surface area contributed by atoms with Crippen LogP contribution in [0.1, 0.15) is 172 Å². The van der Waals surface area contributed by atoms with Gasteiger partial charge in [-0.25, -0.2) is 0 Å². The molecule has 76 heavy (non-hydrogen) atoms. The van der Waals surface area contributed by atoms with Gasteiger partial charge in [0.1, 0.15) is 36.2 Å². The molecule has 0 spiro atoms. The topological polar surface area (TPSA) is 110 Å². The SMILES string of the molecule is Cc1ccnc(-c2cc(COc3c4cc(C(C)(C)C)cc3Cc3cc(C(C)(C)C)cc(c3O)Cc3cc(C(C)(C)C)cc(c3OCc3ccnc(-c5cc(C)ccn5)c3)Cc3cc(C(C)(C)C)cc(c3O)C4)ccn2)c1. The number of phenols is 2. The Labute approximate surface area is 451 Å². The van der Waals surface area contributed by atoms with E-state index in [2.05, 4.69) is 155 Å². The Hall–Kier alpha value is -7.32. The summed E-state index contributed by atoms with van der Waals surface area (Å²) >= 11 is 0. The number of aryl methyl sites for hydroxylation is 2. The van der Waals surface area contributed by atoms with Crippen molar-refractivity contribution in [2.45, 2.75) is 157 Å². The lowest BCUT2D eigenvalue weighted by Crippen LogP contribution is -2.16. The monoisotopic (exact) mass is 1010 g/mol. The van der Waals surface area contributed by atoms with Crippen LogP contribution in [0.5, 0.6) is 23.0 Å². The zero-order valence-electron chi connectivity index (χ0n) is 47.3. The second-order valence-corrected chi connectivity index (χ2v) is 25.4. The molecule has 0 radical (unpaired) electrons. The molecule has 8 heteroatoms. The molecule has 1 aliphatic carbocycles. The molecule has 4 heterocycles. The average Bonchev–Trinajstić information content (AvgIpc) is 3.36. The van der Waals surface area contributed by atoms with Crippen LogP contribution in [-0.2, 0) is 60.6 Å². The minimum Gasteiger partial charge on any atom is -0.507 e. The summed E-state index contributed by atoms with van der Waals surface area (Å²) in [5.74, 6) is 2.00. The molecule has 4 aromatic heterocycles. The number of nitrogens with zero attached hydrogens (tertiary/aromatic N) is 4. The van der Waals surface area contributed by atoms with Crippen LogP contribution in [0.15, 0.2) is 122 Å². The minimum absolute atomic E-state index is 0.232. The number of rotatable bonds is 8. The molecule has 0 atom stereocenters. The zero-order valence-corrected chi connectivity index (χ0v) is 47.3. The molecule has 0 saturated heterocycles. The molecule has 0 fully saturated rings. The van der Waals surface area contributed by atoms with E-state index in [0.29, 0.717) is 25.7 Å². The smallest absolute Gasteiger partial charge is 0.126 e. The van der Waals surface area contributed by atoms with Crippen molar-refractivity contribution in [2.75, 3.05) is 0 Å². The molecule has 0 unspecified atom stereocenters. The highest BCUT2D eigenvalue weighted by atomic mass is 16.5. The Bertz CT molecular complexity index is 3150. The van der Waals surface area contributed by atoms with Crippen LogP contribution in [-0.4, -0.2) is 30.1 Å². The highest BCUT2D eigenvalue weighted by molar-refractivity contribution is 5.61. The van der Waals surface area contributed by atoms with E-state index in [1.165, 1.54) is 0 Å². The molecule has 0 aliphatic heterocycles. The Kier molecular flexibility index (Phi) is 14.5. The zero-order chi connectivity index (χ0) is 54.5. The molecule has 4 aromatic carbocycles. The molecular weight excluding hydrogens is 937 g/mol. The van der Waals surface area contributed by atoms with Crippen LogP contribution in [0.4, 0.5) is 0 Å². The Morgan fingerprint density at radius 3 is 0.868 bits per heavy atom. The molecule has 392 valence electrons. The third-order valence-corrected chi connectivity index (χ3v) is 14.8. The number of aromatic nitrogens is 4. The van der Waals surface area contributed by atoms with Crippen LogP contribution < -0.4 is 9.47 Å². The summed E-state index contributed by atoms with van der Waals surface area (Å²) in [5, 5.41) is 25.8. The van der Waals surface area contributed by atoms with Crippen molar-refractivity contribution in [2.24, 2.45) is 0 Å². The highest BCUT2D eigenvalue weighted by Gasteiger charge is 2.29. The fourth-order valence-corrected chi connectivity index (χ4v) is 10.1. The summed E-state index contributed by atoms with van der Waals surface area (Å²) in [5.41, 5.74) is 18.0. The van der Waals surface area contributed by atoms with Gasteiger partial charge in [0.25, 0.3) is 0 Å². The van der Waals surface area contributed by atoms with Crippen LogP contribution >= 0.6 is 0 Å². The van der Waals surface area contributed by atoms with Gasteiger partial charge in [-0.05, 0) is 173 Å². The van der Waals surface area contributed by atoms with Gasteiger partial charge in [-0.3, -0.25) is 19.9 Å². The number of phenolic OH excluding ortho intramolecular Hbond substituents is 2. The summed E-state index contributed by atoms with van der Waals surface area (Å²) in [4.78, 5) is 18.7. The van der Waals surface area contributed by atoms with Crippen LogP contribution in [0.25, 0.3) is 22.8 Å². The maximum Gasteiger partial charge on any atom is 0.126 e. The van der Waals surface area contributed by atoms with E-state index in [9.17, 15) is 10.2 Å². The molecule has 9 rings (SSSR count). The van der Waals surface area contributed by atoms with Gasteiger partial charge in [-0.15, -0.1) is 0 Å². The molecule has 2 N–H and O–H groups in total. The number of ether oxygens (including phenoxy) is 2. The Balaban J connectivity index is 1.26. The first-order valence-corrected chi connectivity index (χ1v) is 26.8. The highest BCUT2D eigenvalue weighted by Crippen LogP contribution is 2.44. The quantitative estimate of drug-likeness (QED) is 0.155. The third-order valence-electron chi connectivity index (χ3n) is 14.8. The minimum atomic E-state index is -0.241. The summed E-state index contributed by atoms with van der Waals surface area (Å²) in [6, 6.07) is 33.9. The van der Waals surface area contributed by atoms with Crippen molar-refractivity contribution in [1.82, 2.24) is 19.9 Å². The van der Waals surface area contributed by atoms with Crippen molar-refractivity contribution >= 4 is 0 Å². The van der Waals surface area contributed by atoms with Gasteiger partial charge in [-0.1, -0.05) is 132 Å². The van der Waals surface area contributed by atoms with Crippen molar-refractivity contribution in [3.05, 3.63) is 211 Å². The average molecular weight is 1010 g/mol. The molecule has 0 saturated carbocycles. The molecular formula is C68H76N4O4. The molecule has 8 nitrogen and oxygen atoms in total. The fraction of sp³-hybridized carbons (Fsp3) is 0.353. The summed E-state index contributed by atoms with van der Waals surface area (Å²) in [6.07, 6.45) is 8.87. The number of fused-ring (bicyclic) bond motifs is 8. The standard InChI is InChI=1S/C68H76N4O4/c1-41-15-19-69-57(23-41)59-25-43(17-21-71-59)39-75-63-49-27-45-31-53(65(3,4)5)33-47(61(45)73)29-51-37-56(68(12,13)14)38-52(64(51)76-40-44-18-22-72-60(26-44)58-24-42(2)16-20-70-58)30-48-34-54(66(6,7)8)32-46(62(48)74)28-50(63)36-55(35-49)67(9,10)11/h15-26,31-38,73-74H,27-30,39-40H2,1-14H3. The van der Waals surface area contributed by atoms with E-state index in [4.69, 9.17) is 19.4 Å². The summed E-state index contributed by atoms with van der Waals surface area (Å²) in [7, 11) is 0. The molecule has 0 amide bonds. The maximum absolute atomic E-state index is 12.9. The first kappa shape index (κ1) is 53.5. The van der Waals surface area contributed by atoms with Crippen LogP contribution in [0, 0.1) is 13.8 Å². The lowest BCUT2D eigenvalue weighted by atomic mass is 9.79. The molecule has 8 bridgehead atoms. The summed E-state index contributed by atoms with van der Waals surface area (Å²) < 4.78 is 14.3. The largest absolute Gasteiger partial charge is 0.507 e. The van der Waals surface area contributed by atoms with Gasteiger partial charge >= 0.3 is 0 Å². The first-order chi connectivity index (χ1) is 35.8. The second kappa shape index (κ2) is 20.7. The van der Waals surface area contributed by atoms with Crippen LogP contribution in [0.2, 0.25) is 0 Å². The van der Waals surface area contributed by atoms with Crippen molar-refractivity contribution in [3.63, 3.8) is 0 Å². The third kappa shape index (κ3) is 12.0. The van der Waals surface area contributed by atoms with E-state index < -0.39 is 0 Å². The first-order valence-electron chi connectivity index (χ1n) is 26.8. The molecule has 1 aliphatic rings. The van der Waals surface area contributed by atoms with Crippen LogP contribution in [0.3, 0.4) is 0 Å². The van der Waals surface area contributed by atoms with Gasteiger partial charge in [0.2, 0.25) is 0 Å². The second-order valence-electron chi connectivity index (χ2n) is 25.4. The summed E-state index contributed by atoms with van der Waals surface area (Å²) in [6.45, 7) is 31.5. The van der Waals surface area contributed by atoms with Gasteiger partial charge in [0.15, 0.2) is 0 Å². The molecule has 8 aromatic rings. The van der Waals surface area contributed by atoms with Gasteiger partial charge in [0, 0.05) is 50.5 Å². The van der Waals surface area contributed by atoms with E-state index in [0.717, 1.165) is 123 Å². The van der Waals surface area contributed by atoms with Gasteiger partial charge in [-0.2, -0.15) is 0 Å². The van der Waals surface area contributed by atoms with E-state index in [-0.39, 0.29) is 46.4 Å². The van der Waals surface area contributed by atoms with Crippen molar-refractivity contribution in [3.8, 4) is 45.8 Å². The maximum atomic E-state index is 12.9. The van der Waals surface area contributed by atoms with E-state index in [1.54, 1.807) is 0 Å². The number of benzene rings is 4. The Morgan fingerprint density at radius 2 is 0.605 bits per heavy atom.